The predicted octanol–water partition coefficient (Wildman–Crippen LogP) is 4.48. The van der Waals surface area contributed by atoms with Crippen molar-refractivity contribution < 1.29 is 14.1 Å². The number of ether oxygens (including phenoxy) is 2. The summed E-state index contributed by atoms with van der Waals surface area (Å²) in [6.07, 6.45) is 7.06. The van der Waals surface area contributed by atoms with E-state index in [1.807, 2.05) is 19.1 Å². The Kier molecular flexibility index (Phi) is 6.54. The van der Waals surface area contributed by atoms with Gasteiger partial charge in [-0.2, -0.15) is 0 Å². The minimum atomic E-state index is 0.137. The summed E-state index contributed by atoms with van der Waals surface area (Å²) in [6, 6.07) is 6.07. The number of nitrogens with one attached hydrogen (secondary N) is 1. The third-order valence-corrected chi connectivity index (χ3v) is 5.28. The highest BCUT2D eigenvalue weighted by Gasteiger charge is 2.25. The van der Waals surface area contributed by atoms with Crippen molar-refractivity contribution in [1.82, 2.24) is 5.32 Å². The molecule has 0 radical (unpaired) electrons. The van der Waals surface area contributed by atoms with Crippen LogP contribution in [0.3, 0.4) is 0 Å². The van der Waals surface area contributed by atoms with Crippen LogP contribution in [0.1, 0.15) is 50.2 Å². The first-order valence-electron chi connectivity index (χ1n) is 9.85. The molecule has 1 unspecified atom stereocenters. The Bertz CT molecular complexity index is 710. The normalized spacial score (nSPS) is 19.1. The highest BCUT2D eigenvalue weighted by molar-refractivity contribution is 6.31. The van der Waals surface area contributed by atoms with Crippen LogP contribution in [-0.2, 0) is 15.9 Å². The van der Waals surface area contributed by atoms with Crippen LogP contribution < -0.4 is 9.97 Å². The Balaban J connectivity index is 1.54. The lowest BCUT2D eigenvalue weighted by Gasteiger charge is -2.28. The maximum atomic E-state index is 6.01. The Hall–Kier alpha value is -2.30. The largest absolute Gasteiger partial charge is 0.561 e. The van der Waals surface area contributed by atoms with Gasteiger partial charge in [0, 0.05) is 11.9 Å². The third-order valence-electron chi connectivity index (χ3n) is 5.28. The molecule has 1 aliphatic heterocycles. The Morgan fingerprint density at radius 2 is 1.96 bits per heavy atom. The molecule has 0 aromatic heterocycles. The van der Waals surface area contributed by atoms with E-state index in [4.69, 9.17) is 14.1 Å². The molecule has 5 heteroatoms. The smallest absolute Gasteiger partial charge is 0.362 e. The number of fused-ring (bicyclic) bond motifs is 1. The molecular weight excluding hydrogens is 337 g/mol. The summed E-state index contributed by atoms with van der Waals surface area (Å²) >= 11 is 0. The molecule has 1 aromatic carbocycles. The number of para-hydroxylation sites is 1. The van der Waals surface area contributed by atoms with E-state index in [1.165, 1.54) is 32.1 Å². The van der Waals surface area contributed by atoms with Crippen LogP contribution in [-0.4, -0.2) is 20.2 Å². The van der Waals surface area contributed by atoms with Crippen LogP contribution in [0.25, 0.3) is 5.76 Å². The SMILES string of the molecule is C=C(C)NC1BOc2c(cccc2C(=C)OCOC(=C)C2CCCCC2)C1. The Morgan fingerprint density at radius 1 is 1.19 bits per heavy atom. The van der Waals surface area contributed by atoms with Gasteiger partial charge in [0.2, 0.25) is 6.79 Å². The second kappa shape index (κ2) is 9.07. The minimum Gasteiger partial charge on any atom is -0.561 e. The number of hydrogen-bond acceptors (Lipinski definition) is 4. The fourth-order valence-corrected chi connectivity index (χ4v) is 3.88. The molecular formula is C22H30BNO3. The van der Waals surface area contributed by atoms with Gasteiger partial charge in [0.25, 0.3) is 0 Å². The number of benzene rings is 1. The highest BCUT2D eigenvalue weighted by atomic mass is 16.7. The molecule has 144 valence electrons. The van der Waals surface area contributed by atoms with Crippen LogP contribution >= 0.6 is 0 Å². The molecule has 0 saturated heterocycles. The topological polar surface area (TPSA) is 39.7 Å². The van der Waals surface area contributed by atoms with E-state index in [1.54, 1.807) is 0 Å². The molecule has 1 atom stereocenters. The van der Waals surface area contributed by atoms with Crippen molar-refractivity contribution in [2.75, 3.05) is 6.79 Å². The summed E-state index contributed by atoms with van der Waals surface area (Å²) in [6.45, 7) is 14.2. The summed E-state index contributed by atoms with van der Waals surface area (Å²) in [5, 5.41) is 3.35. The van der Waals surface area contributed by atoms with E-state index in [2.05, 4.69) is 31.1 Å². The van der Waals surface area contributed by atoms with Crippen molar-refractivity contribution in [2.45, 2.75) is 51.4 Å². The number of allylic oxidation sites excluding steroid dienone is 2. The first-order valence-corrected chi connectivity index (χ1v) is 9.85. The van der Waals surface area contributed by atoms with Crippen molar-refractivity contribution in [3.05, 3.63) is 60.5 Å². The van der Waals surface area contributed by atoms with Crippen molar-refractivity contribution in [3.8, 4) is 5.75 Å². The monoisotopic (exact) mass is 367 g/mol. The van der Waals surface area contributed by atoms with E-state index >= 15 is 0 Å². The van der Waals surface area contributed by atoms with E-state index in [-0.39, 0.29) is 12.7 Å². The van der Waals surface area contributed by atoms with Gasteiger partial charge in [0.05, 0.1) is 11.3 Å². The van der Waals surface area contributed by atoms with Gasteiger partial charge >= 0.3 is 7.48 Å². The van der Waals surface area contributed by atoms with Gasteiger partial charge in [0.15, 0.2) is 0 Å². The lowest BCUT2D eigenvalue weighted by Crippen LogP contribution is -2.41. The lowest BCUT2D eigenvalue weighted by atomic mass is 9.79. The summed E-state index contributed by atoms with van der Waals surface area (Å²) in [7, 11) is 0.596. The van der Waals surface area contributed by atoms with Gasteiger partial charge in [-0.1, -0.05) is 51.1 Å². The molecule has 1 fully saturated rings. The van der Waals surface area contributed by atoms with Crippen LogP contribution in [0, 0.1) is 5.92 Å². The average Bonchev–Trinajstić information content (AvgIpc) is 2.67. The molecule has 1 saturated carbocycles. The van der Waals surface area contributed by atoms with Gasteiger partial charge in [-0.3, -0.25) is 0 Å². The van der Waals surface area contributed by atoms with E-state index in [0.29, 0.717) is 19.2 Å². The van der Waals surface area contributed by atoms with Crippen molar-refractivity contribution >= 4 is 13.2 Å². The zero-order valence-electron chi connectivity index (χ0n) is 16.4. The number of hydrogen-bond donors (Lipinski definition) is 1. The summed E-state index contributed by atoms with van der Waals surface area (Å²) in [4.78, 5) is 0. The van der Waals surface area contributed by atoms with E-state index < -0.39 is 0 Å². The molecule has 0 amide bonds. The molecule has 27 heavy (non-hydrogen) atoms. The molecule has 0 spiro atoms. The van der Waals surface area contributed by atoms with E-state index in [9.17, 15) is 0 Å². The van der Waals surface area contributed by atoms with Crippen molar-refractivity contribution in [2.24, 2.45) is 5.92 Å². The van der Waals surface area contributed by atoms with Gasteiger partial charge in [0.1, 0.15) is 11.5 Å². The summed E-state index contributed by atoms with van der Waals surface area (Å²) in [5.41, 5.74) is 2.98. The fraction of sp³-hybridized carbons (Fsp3) is 0.455. The molecule has 1 aliphatic carbocycles. The second-order valence-corrected chi connectivity index (χ2v) is 7.56. The van der Waals surface area contributed by atoms with Crippen LogP contribution in [0.4, 0.5) is 0 Å². The lowest BCUT2D eigenvalue weighted by molar-refractivity contribution is 0.0247. The van der Waals surface area contributed by atoms with Crippen LogP contribution in [0.5, 0.6) is 5.75 Å². The molecule has 3 rings (SSSR count). The molecule has 2 aliphatic rings. The maximum Gasteiger partial charge on any atom is 0.362 e. The van der Waals surface area contributed by atoms with Gasteiger partial charge in [-0.15, -0.1) is 0 Å². The molecule has 1 heterocycles. The average molecular weight is 367 g/mol. The molecule has 0 bridgehead atoms. The Labute approximate surface area is 163 Å². The van der Waals surface area contributed by atoms with Gasteiger partial charge < -0.3 is 19.4 Å². The zero-order chi connectivity index (χ0) is 19.2. The quantitative estimate of drug-likeness (QED) is 0.418. The fourth-order valence-electron chi connectivity index (χ4n) is 3.88. The molecule has 1 aromatic rings. The first-order chi connectivity index (χ1) is 13.0. The standard InChI is InChI=1S/C22H30BNO3/c1-15(2)24-21-13-19-11-8-12-20(22(19)27-23-21)17(4)26-14-25-16(3)18-9-6-5-7-10-18/h8,11-12,18,21,23-24H,1,3-7,9-10,13-14H2,2H3. The van der Waals surface area contributed by atoms with Crippen LogP contribution in [0.2, 0.25) is 0 Å². The molecule has 1 N–H and O–H groups in total. The van der Waals surface area contributed by atoms with E-state index in [0.717, 1.165) is 34.8 Å². The minimum absolute atomic E-state index is 0.137. The summed E-state index contributed by atoms with van der Waals surface area (Å²) in [5.74, 6) is 2.95. The zero-order valence-corrected chi connectivity index (χ0v) is 16.4. The van der Waals surface area contributed by atoms with Crippen molar-refractivity contribution in [1.29, 1.82) is 0 Å². The van der Waals surface area contributed by atoms with Crippen molar-refractivity contribution in [3.63, 3.8) is 0 Å². The third kappa shape index (κ3) is 5.12. The number of rotatable bonds is 8. The maximum absolute atomic E-state index is 6.01. The van der Waals surface area contributed by atoms with Gasteiger partial charge in [-0.25, -0.2) is 0 Å². The van der Waals surface area contributed by atoms with Crippen LogP contribution in [0.15, 0.2) is 49.4 Å². The predicted molar refractivity (Wildman–Crippen MR) is 111 cm³/mol. The Morgan fingerprint density at radius 3 is 2.70 bits per heavy atom. The summed E-state index contributed by atoms with van der Waals surface area (Å²) < 4.78 is 17.5. The second-order valence-electron chi connectivity index (χ2n) is 7.56. The van der Waals surface area contributed by atoms with Gasteiger partial charge in [-0.05, 0) is 43.5 Å². The first kappa shape index (κ1) is 19.5. The highest BCUT2D eigenvalue weighted by Crippen LogP contribution is 2.33. The molecule has 4 nitrogen and oxygen atoms in total.